The van der Waals surface area contributed by atoms with Crippen molar-refractivity contribution in [2.24, 2.45) is 5.92 Å². The Morgan fingerprint density at radius 2 is 2.19 bits per heavy atom. The molecule has 1 fully saturated rings. The molecule has 1 saturated heterocycles. The van der Waals surface area contributed by atoms with Gasteiger partial charge in [0.25, 0.3) is 0 Å². The highest BCUT2D eigenvalue weighted by Gasteiger charge is 2.27. The van der Waals surface area contributed by atoms with E-state index in [0.29, 0.717) is 12.0 Å². The summed E-state index contributed by atoms with van der Waals surface area (Å²) >= 11 is 0. The number of ether oxygens (including phenoxy) is 1. The minimum absolute atomic E-state index is 0.110. The molecule has 0 amide bonds. The molecule has 0 bridgehead atoms. The quantitative estimate of drug-likeness (QED) is 0.925. The van der Waals surface area contributed by atoms with E-state index < -0.39 is 0 Å². The molecule has 1 aromatic rings. The molecule has 2 rings (SSSR count). The number of piperidine rings is 1. The summed E-state index contributed by atoms with van der Waals surface area (Å²) in [5.41, 5.74) is 1.37. The Labute approximate surface area is 128 Å². The van der Waals surface area contributed by atoms with Crippen molar-refractivity contribution in [1.82, 2.24) is 10.3 Å². The first-order chi connectivity index (χ1) is 9.90. The van der Waals surface area contributed by atoms with Crippen LogP contribution in [0.3, 0.4) is 0 Å². The Kier molecular flexibility index (Phi) is 5.22. The van der Waals surface area contributed by atoms with Crippen LogP contribution in [0.4, 0.5) is 5.82 Å². The predicted molar refractivity (Wildman–Crippen MR) is 87.6 cm³/mol. The molecule has 2 unspecified atom stereocenters. The van der Waals surface area contributed by atoms with Gasteiger partial charge in [-0.2, -0.15) is 0 Å². The van der Waals surface area contributed by atoms with Crippen molar-refractivity contribution in [2.75, 3.05) is 25.1 Å². The molecule has 1 aliphatic rings. The summed E-state index contributed by atoms with van der Waals surface area (Å²) in [7, 11) is 1.81. The molecule has 0 saturated carbocycles. The second kappa shape index (κ2) is 6.75. The summed E-state index contributed by atoms with van der Waals surface area (Å²) in [6.45, 7) is 11.7. The van der Waals surface area contributed by atoms with Gasteiger partial charge in [0.15, 0.2) is 0 Å². The van der Waals surface area contributed by atoms with Crippen molar-refractivity contribution in [3.8, 4) is 0 Å². The number of hydrogen-bond acceptors (Lipinski definition) is 4. The molecule has 118 valence electrons. The van der Waals surface area contributed by atoms with Crippen LogP contribution < -0.4 is 10.2 Å². The van der Waals surface area contributed by atoms with Crippen LogP contribution in [0.5, 0.6) is 0 Å². The normalized spacial score (nSPS) is 23.4. The van der Waals surface area contributed by atoms with Crippen LogP contribution in [0, 0.1) is 5.92 Å². The summed E-state index contributed by atoms with van der Waals surface area (Å²) in [6, 6.07) is 4.18. The summed E-state index contributed by atoms with van der Waals surface area (Å²) in [4.78, 5) is 7.00. The zero-order chi connectivity index (χ0) is 15.5. The first-order valence-electron chi connectivity index (χ1n) is 7.87. The van der Waals surface area contributed by atoms with Crippen LogP contribution in [-0.2, 0) is 11.3 Å². The number of nitrogens with zero attached hydrogens (tertiary/aromatic N) is 2. The summed E-state index contributed by atoms with van der Waals surface area (Å²) in [5, 5.41) is 3.55. The fraction of sp³-hybridized carbons (Fsp3) is 0.706. The Morgan fingerprint density at radius 3 is 2.86 bits per heavy atom. The number of rotatable bonds is 4. The SMILES string of the molecule is COC1CN(c2ncccc2CNC(C)(C)C)CCC1C. The molecule has 1 aliphatic heterocycles. The van der Waals surface area contributed by atoms with Gasteiger partial charge in [-0.25, -0.2) is 4.98 Å². The maximum Gasteiger partial charge on any atom is 0.133 e. The molecule has 1 N–H and O–H groups in total. The van der Waals surface area contributed by atoms with Crippen LogP contribution >= 0.6 is 0 Å². The second-order valence-electron chi connectivity index (χ2n) is 7.08. The summed E-state index contributed by atoms with van der Waals surface area (Å²) in [6.07, 6.45) is 3.33. The van der Waals surface area contributed by atoms with Crippen LogP contribution in [-0.4, -0.2) is 36.8 Å². The third-order valence-electron chi connectivity index (χ3n) is 4.17. The number of methoxy groups -OCH3 is 1. The minimum Gasteiger partial charge on any atom is -0.379 e. The van der Waals surface area contributed by atoms with Crippen LogP contribution in [0.25, 0.3) is 0 Å². The van der Waals surface area contributed by atoms with Gasteiger partial charge in [-0.1, -0.05) is 13.0 Å². The Morgan fingerprint density at radius 1 is 1.43 bits per heavy atom. The van der Waals surface area contributed by atoms with E-state index in [1.807, 2.05) is 19.4 Å². The van der Waals surface area contributed by atoms with Crippen molar-refractivity contribution in [2.45, 2.75) is 52.3 Å². The number of hydrogen-bond donors (Lipinski definition) is 1. The average Bonchev–Trinajstić information content (AvgIpc) is 2.45. The molecule has 0 aromatic carbocycles. The molecule has 4 heteroatoms. The maximum absolute atomic E-state index is 5.62. The lowest BCUT2D eigenvalue weighted by atomic mass is 9.95. The number of aromatic nitrogens is 1. The zero-order valence-electron chi connectivity index (χ0n) is 14.0. The van der Waals surface area contributed by atoms with Crippen molar-refractivity contribution in [1.29, 1.82) is 0 Å². The van der Waals surface area contributed by atoms with Crippen LogP contribution in [0.1, 0.15) is 39.7 Å². The molecule has 2 heterocycles. The predicted octanol–water partition coefficient (Wildman–Crippen LogP) is 2.83. The number of anilines is 1. The number of pyridine rings is 1. The summed E-state index contributed by atoms with van der Waals surface area (Å²) in [5.74, 6) is 1.72. The van der Waals surface area contributed by atoms with Gasteiger partial charge in [-0.05, 0) is 39.2 Å². The van der Waals surface area contributed by atoms with Gasteiger partial charge < -0.3 is 15.0 Å². The van der Waals surface area contributed by atoms with E-state index in [4.69, 9.17) is 4.74 Å². The van der Waals surface area contributed by atoms with Gasteiger partial charge in [0.05, 0.1) is 6.10 Å². The molecule has 4 nitrogen and oxygen atoms in total. The molecular weight excluding hydrogens is 262 g/mol. The highest BCUT2D eigenvalue weighted by atomic mass is 16.5. The monoisotopic (exact) mass is 291 g/mol. The largest absolute Gasteiger partial charge is 0.379 e. The lowest BCUT2D eigenvalue weighted by Gasteiger charge is -2.37. The van der Waals surface area contributed by atoms with E-state index in [-0.39, 0.29) is 5.54 Å². The molecule has 2 atom stereocenters. The molecule has 1 aromatic heterocycles. The molecule has 21 heavy (non-hydrogen) atoms. The molecule has 0 spiro atoms. The number of nitrogens with one attached hydrogen (secondary N) is 1. The van der Waals surface area contributed by atoms with Crippen molar-refractivity contribution in [3.63, 3.8) is 0 Å². The van der Waals surface area contributed by atoms with E-state index >= 15 is 0 Å². The fourth-order valence-electron chi connectivity index (χ4n) is 2.75. The van der Waals surface area contributed by atoms with Crippen molar-refractivity contribution < 1.29 is 4.74 Å². The van der Waals surface area contributed by atoms with Gasteiger partial charge in [0.2, 0.25) is 0 Å². The van der Waals surface area contributed by atoms with Gasteiger partial charge in [0.1, 0.15) is 5.82 Å². The highest BCUT2D eigenvalue weighted by Crippen LogP contribution is 2.26. The Balaban J connectivity index is 2.12. The summed E-state index contributed by atoms with van der Waals surface area (Å²) < 4.78 is 5.62. The van der Waals surface area contributed by atoms with Gasteiger partial charge in [-0.15, -0.1) is 0 Å². The minimum atomic E-state index is 0.110. The third kappa shape index (κ3) is 4.42. The van der Waals surface area contributed by atoms with E-state index in [1.165, 1.54) is 5.56 Å². The first kappa shape index (κ1) is 16.2. The highest BCUT2D eigenvalue weighted by molar-refractivity contribution is 5.47. The van der Waals surface area contributed by atoms with Crippen molar-refractivity contribution >= 4 is 5.82 Å². The topological polar surface area (TPSA) is 37.4 Å². The van der Waals surface area contributed by atoms with Gasteiger partial charge in [-0.3, -0.25) is 0 Å². The first-order valence-corrected chi connectivity index (χ1v) is 7.87. The van der Waals surface area contributed by atoms with Gasteiger partial charge >= 0.3 is 0 Å². The average molecular weight is 291 g/mol. The standard InChI is InChI=1S/C17H29N3O/c1-13-8-10-20(12-15(13)21-5)16-14(7-6-9-18-16)11-19-17(2,3)4/h6-7,9,13,15,19H,8,10-12H2,1-5H3. The molecule has 0 radical (unpaired) electrons. The van der Waals surface area contributed by atoms with E-state index in [9.17, 15) is 0 Å². The van der Waals surface area contributed by atoms with E-state index in [2.05, 4.69) is 49.0 Å². The van der Waals surface area contributed by atoms with Gasteiger partial charge in [0, 0.05) is 44.0 Å². The smallest absolute Gasteiger partial charge is 0.133 e. The molecular formula is C17H29N3O. The van der Waals surface area contributed by atoms with E-state index in [0.717, 1.165) is 31.9 Å². The fourth-order valence-corrected chi connectivity index (χ4v) is 2.75. The second-order valence-corrected chi connectivity index (χ2v) is 7.08. The maximum atomic E-state index is 5.62. The zero-order valence-corrected chi connectivity index (χ0v) is 14.0. The Bertz CT molecular complexity index is 456. The lowest BCUT2D eigenvalue weighted by molar-refractivity contribution is 0.0496. The van der Waals surface area contributed by atoms with Crippen LogP contribution in [0.2, 0.25) is 0 Å². The lowest BCUT2D eigenvalue weighted by Crippen LogP contribution is -2.45. The van der Waals surface area contributed by atoms with E-state index in [1.54, 1.807) is 0 Å². The van der Waals surface area contributed by atoms with Crippen molar-refractivity contribution in [3.05, 3.63) is 23.9 Å². The van der Waals surface area contributed by atoms with Crippen LogP contribution in [0.15, 0.2) is 18.3 Å². The third-order valence-corrected chi connectivity index (χ3v) is 4.17. The Hall–Kier alpha value is -1.13. The molecule has 0 aliphatic carbocycles.